The fourth-order valence-electron chi connectivity index (χ4n) is 3.49. The van der Waals surface area contributed by atoms with Crippen LogP contribution in [0.4, 0.5) is 4.79 Å². The van der Waals surface area contributed by atoms with Gasteiger partial charge in [-0.25, -0.2) is 4.79 Å². The highest BCUT2D eigenvalue weighted by atomic mass is 16.2. The van der Waals surface area contributed by atoms with Crippen molar-refractivity contribution in [2.75, 3.05) is 26.2 Å². The molecule has 1 atom stereocenters. The van der Waals surface area contributed by atoms with Crippen molar-refractivity contribution in [1.29, 1.82) is 0 Å². The van der Waals surface area contributed by atoms with Gasteiger partial charge in [-0.15, -0.1) is 0 Å². The predicted molar refractivity (Wildman–Crippen MR) is 95.6 cm³/mol. The van der Waals surface area contributed by atoms with E-state index in [1.54, 1.807) is 0 Å². The number of aromatic nitrogens is 2. The molecule has 1 saturated heterocycles. The summed E-state index contributed by atoms with van der Waals surface area (Å²) in [6.07, 6.45) is 3.87. The topological polar surface area (TPSA) is 79.3 Å². The van der Waals surface area contributed by atoms with Gasteiger partial charge in [-0.1, -0.05) is 13.8 Å². The van der Waals surface area contributed by atoms with Crippen LogP contribution in [0.25, 0.3) is 0 Å². The number of piperidine rings is 1. The van der Waals surface area contributed by atoms with Gasteiger partial charge in [0, 0.05) is 38.6 Å². The molecule has 0 saturated carbocycles. The largest absolute Gasteiger partial charge is 0.351 e. The second-order valence-corrected chi connectivity index (χ2v) is 7.49. The number of carbonyl (C=O) groups excluding carboxylic acids is 2. The summed E-state index contributed by atoms with van der Waals surface area (Å²) in [7, 11) is 0. The molecule has 2 aliphatic heterocycles. The lowest BCUT2D eigenvalue weighted by atomic mass is 9.95. The van der Waals surface area contributed by atoms with Gasteiger partial charge in [-0.2, -0.15) is 5.10 Å². The number of likely N-dealkylation sites (tertiary alicyclic amines) is 1. The van der Waals surface area contributed by atoms with Crippen LogP contribution in [0.15, 0.2) is 6.07 Å². The Morgan fingerprint density at radius 3 is 3.04 bits per heavy atom. The summed E-state index contributed by atoms with van der Waals surface area (Å²) in [5.74, 6) is 0.744. The number of amides is 3. The Morgan fingerprint density at radius 2 is 2.24 bits per heavy atom. The van der Waals surface area contributed by atoms with Crippen molar-refractivity contribution in [2.45, 2.75) is 52.0 Å². The number of urea groups is 1. The van der Waals surface area contributed by atoms with Gasteiger partial charge in [0.15, 0.2) is 0 Å². The van der Waals surface area contributed by atoms with Crippen LogP contribution in [0, 0.1) is 5.92 Å². The summed E-state index contributed by atoms with van der Waals surface area (Å²) in [4.78, 5) is 26.4. The fraction of sp³-hybridized carbons (Fsp3) is 0.722. The number of carbonyl (C=O) groups is 2. The number of rotatable bonds is 4. The molecule has 7 heteroatoms. The van der Waals surface area contributed by atoms with Crippen molar-refractivity contribution in [3.63, 3.8) is 0 Å². The zero-order valence-electron chi connectivity index (χ0n) is 15.3. The Hall–Kier alpha value is -2.05. The highest BCUT2D eigenvalue weighted by Gasteiger charge is 2.28. The molecule has 0 radical (unpaired) electrons. The first-order valence-corrected chi connectivity index (χ1v) is 9.43. The van der Waals surface area contributed by atoms with E-state index in [0.717, 1.165) is 51.0 Å². The van der Waals surface area contributed by atoms with E-state index >= 15 is 0 Å². The molecule has 0 aliphatic carbocycles. The second-order valence-electron chi connectivity index (χ2n) is 7.49. The monoisotopic (exact) mass is 347 g/mol. The van der Waals surface area contributed by atoms with Crippen molar-refractivity contribution in [1.82, 2.24) is 25.3 Å². The number of hydrogen-bond donors (Lipinski definition) is 2. The van der Waals surface area contributed by atoms with Crippen LogP contribution in [0.5, 0.6) is 0 Å². The van der Waals surface area contributed by atoms with E-state index in [1.165, 1.54) is 0 Å². The minimum Gasteiger partial charge on any atom is -0.351 e. The second kappa shape index (κ2) is 7.89. The van der Waals surface area contributed by atoms with Crippen molar-refractivity contribution in [3.05, 3.63) is 17.5 Å². The van der Waals surface area contributed by atoms with Crippen LogP contribution >= 0.6 is 0 Å². The van der Waals surface area contributed by atoms with Crippen molar-refractivity contribution < 1.29 is 9.59 Å². The summed E-state index contributed by atoms with van der Waals surface area (Å²) in [6.45, 7) is 7.95. The minimum atomic E-state index is -0.0460. The van der Waals surface area contributed by atoms with Crippen LogP contribution in [-0.4, -0.2) is 52.8 Å². The molecule has 0 bridgehead atoms. The Kier molecular flexibility index (Phi) is 5.60. The molecule has 1 aromatic heterocycles. The Morgan fingerprint density at radius 1 is 1.40 bits per heavy atom. The third-order valence-corrected chi connectivity index (χ3v) is 4.99. The van der Waals surface area contributed by atoms with Crippen LogP contribution < -0.4 is 10.6 Å². The highest BCUT2D eigenvalue weighted by Crippen LogP contribution is 2.27. The van der Waals surface area contributed by atoms with Crippen molar-refractivity contribution in [3.8, 4) is 0 Å². The summed E-state index contributed by atoms with van der Waals surface area (Å²) in [5.41, 5.74) is 1.58. The van der Waals surface area contributed by atoms with E-state index in [4.69, 9.17) is 0 Å². The lowest BCUT2D eigenvalue weighted by molar-refractivity contribution is 0.0950. The quantitative estimate of drug-likeness (QED) is 0.874. The summed E-state index contributed by atoms with van der Waals surface area (Å²) >= 11 is 0. The number of fused-ring (bicyclic) bond motifs is 1. The van der Waals surface area contributed by atoms with E-state index < -0.39 is 0 Å². The van der Waals surface area contributed by atoms with E-state index in [1.807, 2.05) is 15.6 Å². The molecule has 7 nitrogen and oxygen atoms in total. The molecule has 2 N–H and O–H groups in total. The highest BCUT2D eigenvalue weighted by molar-refractivity contribution is 5.92. The number of nitrogens with one attached hydrogen (secondary N) is 2. The standard InChI is InChI=1S/C18H29N5O2/c1-13(2)6-8-20-18(25)22-9-3-5-14(12-22)15-11-16-17(24)19-7-4-10-23(16)21-15/h11,13-14H,3-10,12H2,1-2H3,(H,19,24)(H,20,25). The van der Waals surface area contributed by atoms with E-state index in [9.17, 15) is 9.59 Å². The smallest absolute Gasteiger partial charge is 0.317 e. The van der Waals surface area contributed by atoms with Crippen molar-refractivity contribution >= 4 is 11.9 Å². The van der Waals surface area contributed by atoms with Crippen LogP contribution in [0.1, 0.15) is 61.6 Å². The van der Waals surface area contributed by atoms with Gasteiger partial charge >= 0.3 is 6.03 Å². The van der Waals surface area contributed by atoms with Gasteiger partial charge < -0.3 is 15.5 Å². The molecule has 1 fully saturated rings. The summed E-state index contributed by atoms with van der Waals surface area (Å²) in [5, 5.41) is 10.6. The molecule has 25 heavy (non-hydrogen) atoms. The van der Waals surface area contributed by atoms with Gasteiger partial charge in [0.05, 0.1) is 5.69 Å². The van der Waals surface area contributed by atoms with Gasteiger partial charge in [-0.05, 0) is 37.7 Å². The third-order valence-electron chi connectivity index (χ3n) is 4.99. The van der Waals surface area contributed by atoms with E-state index in [2.05, 4.69) is 29.6 Å². The fourth-order valence-corrected chi connectivity index (χ4v) is 3.49. The van der Waals surface area contributed by atoms with Crippen LogP contribution in [-0.2, 0) is 6.54 Å². The van der Waals surface area contributed by atoms with Gasteiger partial charge in [-0.3, -0.25) is 9.48 Å². The first-order chi connectivity index (χ1) is 12.0. The first-order valence-electron chi connectivity index (χ1n) is 9.43. The van der Waals surface area contributed by atoms with Crippen molar-refractivity contribution in [2.24, 2.45) is 5.92 Å². The first kappa shape index (κ1) is 17.8. The summed E-state index contributed by atoms with van der Waals surface area (Å²) < 4.78 is 1.82. The molecule has 1 unspecified atom stereocenters. The van der Waals surface area contributed by atoms with Gasteiger partial charge in [0.1, 0.15) is 5.69 Å². The van der Waals surface area contributed by atoms with Crippen LogP contribution in [0.3, 0.4) is 0 Å². The Bertz CT molecular complexity index is 625. The molecule has 0 aromatic carbocycles. The Balaban J connectivity index is 1.62. The summed E-state index contributed by atoms with van der Waals surface area (Å²) in [6, 6.07) is 1.93. The molecular weight excluding hydrogens is 318 g/mol. The molecule has 0 spiro atoms. The zero-order chi connectivity index (χ0) is 17.8. The lowest BCUT2D eigenvalue weighted by Gasteiger charge is -2.32. The molecule has 3 amide bonds. The predicted octanol–water partition coefficient (Wildman–Crippen LogP) is 1.95. The normalized spacial score (nSPS) is 20.8. The van der Waals surface area contributed by atoms with Gasteiger partial charge in [0.25, 0.3) is 5.91 Å². The zero-order valence-corrected chi connectivity index (χ0v) is 15.3. The molecular formula is C18H29N5O2. The van der Waals surface area contributed by atoms with E-state index in [0.29, 0.717) is 24.7 Å². The SMILES string of the molecule is CC(C)CCNC(=O)N1CCCC(c2cc3n(n2)CCCNC3=O)C1. The van der Waals surface area contributed by atoms with Gasteiger partial charge in [0.2, 0.25) is 0 Å². The maximum Gasteiger partial charge on any atom is 0.317 e. The molecule has 2 aliphatic rings. The maximum absolute atomic E-state index is 12.4. The van der Waals surface area contributed by atoms with E-state index in [-0.39, 0.29) is 17.9 Å². The molecule has 138 valence electrons. The number of hydrogen-bond acceptors (Lipinski definition) is 3. The Labute approximate surface area is 149 Å². The third kappa shape index (κ3) is 4.32. The number of nitrogens with zero attached hydrogens (tertiary/aromatic N) is 3. The number of aryl methyl sites for hydroxylation is 1. The average Bonchev–Trinajstić information content (AvgIpc) is 2.95. The minimum absolute atomic E-state index is 0.0175. The molecule has 3 heterocycles. The molecule has 3 rings (SSSR count). The average molecular weight is 347 g/mol. The molecule has 1 aromatic rings. The lowest BCUT2D eigenvalue weighted by Crippen LogP contribution is -2.45. The maximum atomic E-state index is 12.4. The van der Waals surface area contributed by atoms with Crippen LogP contribution in [0.2, 0.25) is 0 Å².